The van der Waals surface area contributed by atoms with Gasteiger partial charge in [-0.15, -0.1) is 0 Å². The summed E-state index contributed by atoms with van der Waals surface area (Å²) < 4.78 is 0. The van der Waals surface area contributed by atoms with E-state index in [1.807, 2.05) is 18.3 Å². The largest absolute Gasteiger partial charge is 0.340 e. The Hall–Kier alpha value is -1.46. The fourth-order valence-electron chi connectivity index (χ4n) is 3.81. The number of hydrogen-bond acceptors (Lipinski definition) is 4. The van der Waals surface area contributed by atoms with E-state index in [2.05, 4.69) is 33.1 Å². The van der Waals surface area contributed by atoms with Crippen molar-refractivity contribution in [2.24, 2.45) is 11.8 Å². The molecule has 2 saturated heterocycles. The number of aromatic nitrogens is 1. The highest BCUT2D eigenvalue weighted by Gasteiger charge is 2.26. The molecule has 24 heavy (non-hydrogen) atoms. The Morgan fingerprint density at radius 2 is 2.17 bits per heavy atom. The first-order chi connectivity index (χ1) is 11.7. The smallest absolute Gasteiger partial charge is 0.222 e. The van der Waals surface area contributed by atoms with Gasteiger partial charge in [0.15, 0.2) is 0 Å². The first kappa shape index (κ1) is 17.4. The van der Waals surface area contributed by atoms with Gasteiger partial charge in [0.05, 0.1) is 5.69 Å². The predicted octanol–water partition coefficient (Wildman–Crippen LogP) is 1.75. The average molecular weight is 330 g/mol. The molecule has 0 saturated carbocycles. The molecule has 132 valence electrons. The van der Waals surface area contributed by atoms with Crippen molar-refractivity contribution in [3.05, 3.63) is 30.1 Å². The number of rotatable bonds is 5. The van der Waals surface area contributed by atoms with Crippen LogP contribution in [-0.2, 0) is 11.3 Å². The van der Waals surface area contributed by atoms with Crippen molar-refractivity contribution in [1.29, 1.82) is 0 Å². The highest BCUT2D eigenvalue weighted by molar-refractivity contribution is 5.76. The molecule has 0 aliphatic carbocycles. The molecule has 2 aliphatic heterocycles. The van der Waals surface area contributed by atoms with E-state index in [0.717, 1.165) is 51.5 Å². The van der Waals surface area contributed by atoms with Gasteiger partial charge in [-0.2, -0.15) is 0 Å². The lowest BCUT2D eigenvalue weighted by molar-refractivity contribution is -0.134. The van der Waals surface area contributed by atoms with Gasteiger partial charge < -0.3 is 10.2 Å². The van der Waals surface area contributed by atoms with Crippen LogP contribution in [0.2, 0.25) is 0 Å². The molecular formula is C19H30N4O. The number of nitrogens with one attached hydrogen (secondary N) is 1. The summed E-state index contributed by atoms with van der Waals surface area (Å²) in [5.41, 5.74) is 1.11. The summed E-state index contributed by atoms with van der Waals surface area (Å²) in [6.45, 7) is 8.92. The molecular weight excluding hydrogens is 300 g/mol. The van der Waals surface area contributed by atoms with E-state index in [0.29, 0.717) is 24.2 Å². The molecule has 2 atom stereocenters. The van der Waals surface area contributed by atoms with Crippen molar-refractivity contribution >= 4 is 5.91 Å². The maximum atomic E-state index is 12.6. The SMILES string of the molecule is CC(CC(=O)N1CCN(Cc2ccccn2)CC1)C1CCCNC1. The monoisotopic (exact) mass is 330 g/mol. The van der Waals surface area contributed by atoms with Gasteiger partial charge >= 0.3 is 0 Å². The van der Waals surface area contributed by atoms with E-state index in [-0.39, 0.29) is 0 Å². The van der Waals surface area contributed by atoms with Gasteiger partial charge in [0.1, 0.15) is 0 Å². The number of piperazine rings is 1. The first-order valence-electron chi connectivity index (χ1n) is 9.33. The number of carbonyl (C=O) groups excluding carboxylic acids is 1. The zero-order valence-corrected chi connectivity index (χ0v) is 14.8. The molecule has 0 radical (unpaired) electrons. The summed E-state index contributed by atoms with van der Waals surface area (Å²) in [5.74, 6) is 1.48. The van der Waals surface area contributed by atoms with Crippen molar-refractivity contribution in [1.82, 2.24) is 20.1 Å². The minimum Gasteiger partial charge on any atom is -0.340 e. The maximum absolute atomic E-state index is 12.6. The zero-order valence-electron chi connectivity index (χ0n) is 14.8. The van der Waals surface area contributed by atoms with Crippen molar-refractivity contribution < 1.29 is 4.79 Å². The highest BCUT2D eigenvalue weighted by atomic mass is 16.2. The summed E-state index contributed by atoms with van der Waals surface area (Å²) in [5, 5.41) is 3.46. The highest BCUT2D eigenvalue weighted by Crippen LogP contribution is 2.23. The van der Waals surface area contributed by atoms with Gasteiger partial charge in [0.25, 0.3) is 0 Å². The van der Waals surface area contributed by atoms with E-state index in [1.165, 1.54) is 12.8 Å². The van der Waals surface area contributed by atoms with Gasteiger partial charge in [0.2, 0.25) is 5.91 Å². The lowest BCUT2D eigenvalue weighted by atomic mass is 9.85. The summed E-state index contributed by atoms with van der Waals surface area (Å²) in [4.78, 5) is 21.4. The molecule has 1 aromatic heterocycles. The Morgan fingerprint density at radius 1 is 1.33 bits per heavy atom. The van der Waals surface area contributed by atoms with E-state index in [1.54, 1.807) is 0 Å². The first-order valence-corrected chi connectivity index (χ1v) is 9.33. The van der Waals surface area contributed by atoms with Gasteiger partial charge in [-0.3, -0.25) is 14.7 Å². The standard InChI is InChI=1S/C19H30N4O/c1-16(17-5-4-7-20-14-17)13-19(24)23-11-9-22(10-12-23)15-18-6-2-3-8-21-18/h2-3,6,8,16-17,20H,4-5,7,9-15H2,1H3. The normalized spacial score (nSPS) is 23.9. The second-order valence-electron chi connectivity index (χ2n) is 7.27. The number of piperidine rings is 1. The molecule has 2 fully saturated rings. The van der Waals surface area contributed by atoms with E-state index >= 15 is 0 Å². The molecule has 1 amide bonds. The summed E-state index contributed by atoms with van der Waals surface area (Å²) in [6, 6.07) is 6.05. The van der Waals surface area contributed by atoms with Crippen LogP contribution in [0.5, 0.6) is 0 Å². The maximum Gasteiger partial charge on any atom is 0.222 e. The van der Waals surface area contributed by atoms with E-state index in [9.17, 15) is 4.79 Å². The minimum atomic E-state index is 0.338. The second-order valence-corrected chi connectivity index (χ2v) is 7.27. The van der Waals surface area contributed by atoms with Crippen LogP contribution in [-0.4, -0.2) is 60.0 Å². The third-order valence-electron chi connectivity index (χ3n) is 5.47. The number of pyridine rings is 1. The fourth-order valence-corrected chi connectivity index (χ4v) is 3.81. The van der Waals surface area contributed by atoms with Crippen molar-refractivity contribution in [2.45, 2.75) is 32.7 Å². The summed E-state index contributed by atoms with van der Waals surface area (Å²) in [6.07, 6.45) is 5.05. The third-order valence-corrected chi connectivity index (χ3v) is 5.47. The summed E-state index contributed by atoms with van der Waals surface area (Å²) >= 11 is 0. The number of amides is 1. The molecule has 1 aromatic rings. The minimum absolute atomic E-state index is 0.338. The van der Waals surface area contributed by atoms with Crippen molar-refractivity contribution in [3.8, 4) is 0 Å². The van der Waals surface area contributed by atoms with Crippen LogP contribution >= 0.6 is 0 Å². The molecule has 2 unspecified atom stereocenters. The van der Waals surface area contributed by atoms with Crippen LogP contribution in [0.1, 0.15) is 31.9 Å². The van der Waals surface area contributed by atoms with E-state index < -0.39 is 0 Å². The topological polar surface area (TPSA) is 48.5 Å². The Bertz CT molecular complexity index is 507. The number of hydrogen-bond donors (Lipinski definition) is 1. The van der Waals surface area contributed by atoms with Crippen LogP contribution in [0.4, 0.5) is 0 Å². The van der Waals surface area contributed by atoms with Crippen LogP contribution in [0, 0.1) is 11.8 Å². The van der Waals surface area contributed by atoms with Crippen molar-refractivity contribution in [2.75, 3.05) is 39.3 Å². The molecule has 0 bridgehead atoms. The molecule has 1 N–H and O–H groups in total. The molecule has 5 heteroatoms. The average Bonchev–Trinajstić information content (AvgIpc) is 2.64. The van der Waals surface area contributed by atoms with Crippen LogP contribution in [0.3, 0.4) is 0 Å². The quantitative estimate of drug-likeness (QED) is 0.894. The lowest BCUT2D eigenvalue weighted by Gasteiger charge is -2.36. The lowest BCUT2D eigenvalue weighted by Crippen LogP contribution is -2.49. The summed E-state index contributed by atoms with van der Waals surface area (Å²) in [7, 11) is 0. The molecule has 0 aromatic carbocycles. The van der Waals surface area contributed by atoms with Gasteiger partial charge in [-0.25, -0.2) is 0 Å². The Morgan fingerprint density at radius 3 is 2.83 bits per heavy atom. The van der Waals surface area contributed by atoms with Crippen LogP contribution in [0.15, 0.2) is 24.4 Å². The Labute approximate surface area is 145 Å². The predicted molar refractivity (Wildman–Crippen MR) is 95.5 cm³/mol. The molecule has 0 spiro atoms. The fraction of sp³-hybridized carbons (Fsp3) is 0.684. The Kier molecular flexibility index (Phi) is 6.21. The number of carbonyl (C=O) groups is 1. The third kappa shape index (κ3) is 4.77. The van der Waals surface area contributed by atoms with Crippen LogP contribution < -0.4 is 5.32 Å². The van der Waals surface area contributed by atoms with Crippen molar-refractivity contribution in [3.63, 3.8) is 0 Å². The molecule has 3 heterocycles. The van der Waals surface area contributed by atoms with Gasteiger partial charge in [-0.1, -0.05) is 13.0 Å². The molecule has 5 nitrogen and oxygen atoms in total. The van der Waals surface area contributed by atoms with Gasteiger partial charge in [0, 0.05) is 45.3 Å². The van der Waals surface area contributed by atoms with Gasteiger partial charge in [-0.05, 0) is 49.9 Å². The molecule has 3 rings (SSSR count). The van der Waals surface area contributed by atoms with E-state index in [4.69, 9.17) is 0 Å². The second kappa shape index (κ2) is 8.58. The molecule has 2 aliphatic rings. The Balaban J connectivity index is 1.41. The zero-order chi connectivity index (χ0) is 16.8. The van der Waals surface area contributed by atoms with Crippen LogP contribution in [0.25, 0.3) is 0 Å². The number of nitrogens with zero attached hydrogens (tertiary/aromatic N) is 3.